The van der Waals surface area contributed by atoms with Crippen molar-refractivity contribution in [3.8, 4) is 16.9 Å². The van der Waals surface area contributed by atoms with Gasteiger partial charge in [-0.2, -0.15) is 5.10 Å². The van der Waals surface area contributed by atoms with Gasteiger partial charge in [-0.25, -0.2) is 10.5 Å². The van der Waals surface area contributed by atoms with Gasteiger partial charge in [-0.1, -0.05) is 12.1 Å². The largest absolute Gasteiger partial charge is 0.505 e. The summed E-state index contributed by atoms with van der Waals surface area (Å²) in [5.74, 6) is 0.621. The first-order chi connectivity index (χ1) is 17.0. The van der Waals surface area contributed by atoms with E-state index in [0.29, 0.717) is 39.5 Å². The van der Waals surface area contributed by atoms with E-state index in [1.165, 1.54) is 13.3 Å². The van der Waals surface area contributed by atoms with Crippen LogP contribution in [0, 0.1) is 0 Å². The third-order valence-corrected chi connectivity index (χ3v) is 5.54. The van der Waals surface area contributed by atoms with Crippen molar-refractivity contribution in [3.05, 3.63) is 72.7 Å². The van der Waals surface area contributed by atoms with E-state index < -0.39 is 5.91 Å². The number of pyridine rings is 1. The minimum atomic E-state index is -0.465. The number of nitrogens with one attached hydrogen (secondary N) is 3. The van der Waals surface area contributed by atoms with E-state index in [0.717, 1.165) is 16.8 Å². The Labute approximate surface area is 205 Å². The highest BCUT2D eigenvalue weighted by atomic mass is 32.1. The fraction of sp³-hybridized carbons (Fsp3) is 0.125. The van der Waals surface area contributed by atoms with Gasteiger partial charge in [0.1, 0.15) is 11.6 Å². The Kier molecular flexibility index (Phi) is 7.29. The molecule has 1 amide bonds. The summed E-state index contributed by atoms with van der Waals surface area (Å²) in [6, 6.07) is 14.4. The number of rotatable bonds is 9. The summed E-state index contributed by atoms with van der Waals surface area (Å²) in [4.78, 5) is 22.4. The van der Waals surface area contributed by atoms with Crippen LogP contribution in [0.15, 0.2) is 72.0 Å². The van der Waals surface area contributed by atoms with E-state index in [1.54, 1.807) is 48.3 Å². The first kappa shape index (κ1) is 23.8. The zero-order valence-corrected chi connectivity index (χ0v) is 20.1. The molecule has 0 saturated heterocycles. The summed E-state index contributed by atoms with van der Waals surface area (Å²) in [7, 11) is 4.79. The average molecular weight is 492 g/mol. The van der Waals surface area contributed by atoms with Crippen molar-refractivity contribution in [3.63, 3.8) is 0 Å². The maximum atomic E-state index is 12.6. The summed E-state index contributed by atoms with van der Waals surface area (Å²) in [6.45, 7) is 0. The summed E-state index contributed by atoms with van der Waals surface area (Å²) in [6.07, 6.45) is 5.09. The van der Waals surface area contributed by atoms with Gasteiger partial charge in [-0.05, 0) is 18.2 Å². The SMILES string of the molecule is CONC(=O)c1cnc(Nc2ccc([S+]=O)cc2)cc1Nc1cccc(-c2cnn(C)c2)c1OC. The van der Waals surface area contributed by atoms with Crippen LogP contribution < -0.4 is 20.9 Å². The van der Waals surface area contributed by atoms with Crippen LogP contribution in [-0.2, 0) is 27.8 Å². The lowest BCUT2D eigenvalue weighted by Gasteiger charge is -2.17. The molecule has 0 radical (unpaired) electrons. The second kappa shape index (κ2) is 10.7. The van der Waals surface area contributed by atoms with E-state index in [-0.39, 0.29) is 5.56 Å². The van der Waals surface area contributed by atoms with E-state index in [1.807, 2.05) is 31.4 Å². The van der Waals surface area contributed by atoms with Gasteiger partial charge in [0.2, 0.25) is 0 Å². The number of carbonyl (C=O) groups excluding carboxylic acids is 1. The van der Waals surface area contributed by atoms with Gasteiger partial charge in [0.05, 0.1) is 37.4 Å². The van der Waals surface area contributed by atoms with Gasteiger partial charge in [-0.15, -0.1) is 0 Å². The van der Waals surface area contributed by atoms with Crippen LogP contribution >= 0.6 is 0 Å². The maximum absolute atomic E-state index is 12.6. The Balaban J connectivity index is 1.72. The van der Waals surface area contributed by atoms with Gasteiger partial charge in [0.25, 0.3) is 10.8 Å². The van der Waals surface area contributed by atoms with Crippen molar-refractivity contribution >= 4 is 40.5 Å². The molecule has 0 aliphatic carbocycles. The normalized spacial score (nSPS) is 10.5. The molecule has 0 spiro atoms. The van der Waals surface area contributed by atoms with Gasteiger partial charge in [0.15, 0.2) is 0 Å². The van der Waals surface area contributed by atoms with Crippen molar-refractivity contribution < 1.29 is 18.6 Å². The van der Waals surface area contributed by atoms with Gasteiger partial charge in [0, 0.05) is 58.7 Å². The molecular formula is C24H23N6O4S+. The Hall–Kier alpha value is -4.35. The number of aryl methyl sites for hydroxylation is 1. The third kappa shape index (κ3) is 5.42. The number of amides is 1. The Morgan fingerprint density at radius 3 is 2.49 bits per heavy atom. The number of anilines is 4. The van der Waals surface area contributed by atoms with Crippen molar-refractivity contribution in [2.24, 2.45) is 7.05 Å². The number of hydrogen-bond donors (Lipinski definition) is 3. The van der Waals surface area contributed by atoms with Crippen molar-refractivity contribution in [1.29, 1.82) is 0 Å². The van der Waals surface area contributed by atoms with Crippen LogP contribution in [0.4, 0.5) is 22.9 Å². The maximum Gasteiger partial charge on any atom is 0.505 e. The van der Waals surface area contributed by atoms with E-state index >= 15 is 0 Å². The Morgan fingerprint density at radius 2 is 1.83 bits per heavy atom. The minimum Gasteiger partial charge on any atom is -0.494 e. The molecule has 4 aromatic rings. The second-order valence-electron chi connectivity index (χ2n) is 7.40. The van der Waals surface area contributed by atoms with Crippen LogP contribution in [-0.4, -0.2) is 34.9 Å². The number of aromatic nitrogens is 3. The number of hydrogen-bond acceptors (Lipinski definition) is 8. The van der Waals surface area contributed by atoms with Crippen LogP contribution in [0.5, 0.6) is 5.75 Å². The number of hydroxylamine groups is 1. The van der Waals surface area contributed by atoms with Crippen molar-refractivity contribution in [1.82, 2.24) is 20.2 Å². The van der Waals surface area contributed by atoms with E-state index in [2.05, 4.69) is 26.2 Å². The van der Waals surface area contributed by atoms with Gasteiger partial charge in [-0.3, -0.25) is 14.3 Å². The lowest BCUT2D eigenvalue weighted by molar-refractivity contribution is 0.0538. The fourth-order valence-electron chi connectivity index (χ4n) is 3.49. The number of ether oxygens (including phenoxy) is 1. The second-order valence-corrected chi connectivity index (χ2v) is 8.04. The first-order valence-electron chi connectivity index (χ1n) is 10.5. The van der Waals surface area contributed by atoms with Gasteiger partial charge < -0.3 is 15.4 Å². The Morgan fingerprint density at radius 1 is 1.03 bits per heavy atom. The summed E-state index contributed by atoms with van der Waals surface area (Å²) in [5, 5.41) is 10.7. The molecule has 0 bridgehead atoms. The zero-order chi connectivity index (χ0) is 24.8. The van der Waals surface area contributed by atoms with E-state index in [9.17, 15) is 9.00 Å². The standard InChI is InChI=1S/C24H22N6O4S/c1-30-14-15(12-26-30)18-5-4-6-20(23(18)33-2)28-21-11-22(25-13-19(21)24(31)29-34-3)27-16-7-9-17(35-32)10-8-16/h4-14H,1-3H3,(H2-,25,27,28,29,31,32)/p+1. The van der Waals surface area contributed by atoms with Crippen LogP contribution in [0.1, 0.15) is 10.4 Å². The average Bonchev–Trinajstić information content (AvgIpc) is 3.30. The molecule has 0 atom stereocenters. The molecule has 0 aliphatic heterocycles. The van der Waals surface area contributed by atoms with E-state index in [4.69, 9.17) is 9.57 Å². The number of carbonyl (C=O) groups is 1. The predicted molar refractivity (Wildman–Crippen MR) is 133 cm³/mol. The molecule has 35 heavy (non-hydrogen) atoms. The monoisotopic (exact) mass is 491 g/mol. The molecular weight excluding hydrogens is 468 g/mol. The minimum absolute atomic E-state index is 0.268. The molecule has 2 aromatic carbocycles. The summed E-state index contributed by atoms with van der Waals surface area (Å²) >= 11 is 0.425. The molecule has 0 saturated carbocycles. The number of nitrogens with zero attached hydrogens (tertiary/aromatic N) is 3. The predicted octanol–water partition coefficient (Wildman–Crippen LogP) is 4.06. The molecule has 11 heteroatoms. The highest BCUT2D eigenvalue weighted by molar-refractivity contribution is 7.65. The molecule has 178 valence electrons. The van der Waals surface area contributed by atoms with Crippen molar-refractivity contribution in [2.75, 3.05) is 24.9 Å². The number of benzene rings is 2. The molecule has 2 aromatic heterocycles. The molecule has 0 fully saturated rings. The summed E-state index contributed by atoms with van der Waals surface area (Å²) in [5.41, 5.74) is 6.20. The highest BCUT2D eigenvalue weighted by Crippen LogP contribution is 2.38. The molecule has 10 nitrogen and oxygen atoms in total. The molecule has 3 N–H and O–H groups in total. The molecule has 0 aliphatic rings. The topological polar surface area (TPSA) is 119 Å². The first-order valence-corrected chi connectivity index (χ1v) is 11.2. The smallest absolute Gasteiger partial charge is 0.494 e. The molecule has 0 unspecified atom stereocenters. The van der Waals surface area contributed by atoms with Gasteiger partial charge >= 0.3 is 11.7 Å². The number of methoxy groups -OCH3 is 1. The zero-order valence-electron chi connectivity index (χ0n) is 19.2. The van der Waals surface area contributed by atoms with Crippen LogP contribution in [0.2, 0.25) is 0 Å². The molecule has 2 heterocycles. The fourth-order valence-corrected chi connectivity index (χ4v) is 3.73. The third-order valence-electron chi connectivity index (χ3n) is 5.07. The highest BCUT2D eigenvalue weighted by Gasteiger charge is 2.18. The number of para-hydroxylation sites is 1. The summed E-state index contributed by atoms with van der Waals surface area (Å²) < 4.78 is 18.4. The quantitative estimate of drug-likeness (QED) is 0.237. The van der Waals surface area contributed by atoms with Crippen molar-refractivity contribution in [2.45, 2.75) is 4.90 Å². The van der Waals surface area contributed by atoms with Crippen LogP contribution in [0.3, 0.4) is 0 Å². The van der Waals surface area contributed by atoms with Crippen LogP contribution in [0.25, 0.3) is 11.1 Å². The lowest BCUT2D eigenvalue weighted by Crippen LogP contribution is -2.23. The Bertz CT molecular complexity index is 1360. The lowest BCUT2D eigenvalue weighted by atomic mass is 10.1. The molecule has 4 rings (SSSR count).